The zero-order valence-corrected chi connectivity index (χ0v) is 11.1. The Labute approximate surface area is 99.6 Å². The molecule has 1 rings (SSSR count). The van der Waals surface area contributed by atoms with Gasteiger partial charge in [-0.25, -0.2) is 0 Å². The van der Waals surface area contributed by atoms with Crippen LogP contribution >= 0.6 is 0 Å². The number of ether oxygens (including phenoxy) is 1. The monoisotopic (exact) mass is 229 g/mol. The Morgan fingerprint density at radius 3 is 2.56 bits per heavy atom. The van der Waals surface area contributed by atoms with Gasteiger partial charge in [-0.15, -0.1) is 0 Å². The molecule has 0 amide bonds. The van der Waals surface area contributed by atoms with Gasteiger partial charge in [0.2, 0.25) is 0 Å². The van der Waals surface area contributed by atoms with Gasteiger partial charge in [-0.05, 0) is 30.6 Å². The first-order valence-corrected chi connectivity index (χ1v) is 6.34. The van der Waals surface area contributed by atoms with Crippen LogP contribution in [0.3, 0.4) is 0 Å². The molecule has 2 N–H and O–H groups in total. The summed E-state index contributed by atoms with van der Waals surface area (Å²) in [6.45, 7) is 7.90. The second-order valence-corrected chi connectivity index (χ2v) is 5.99. The lowest BCUT2D eigenvalue weighted by molar-refractivity contribution is 0.138. The summed E-state index contributed by atoms with van der Waals surface area (Å²) in [4.78, 5) is 0. The molecule has 96 valence electrons. The lowest BCUT2D eigenvalue weighted by atomic mass is 9.91. The van der Waals surface area contributed by atoms with Crippen LogP contribution in [0.2, 0.25) is 0 Å². The first kappa shape index (κ1) is 13.9. The number of aliphatic hydroxyl groups is 1. The van der Waals surface area contributed by atoms with E-state index in [9.17, 15) is 0 Å². The van der Waals surface area contributed by atoms with Crippen molar-refractivity contribution in [2.45, 2.75) is 52.1 Å². The Kier molecular flexibility index (Phi) is 5.22. The maximum atomic E-state index is 9.01. The van der Waals surface area contributed by atoms with Crippen LogP contribution in [0.4, 0.5) is 0 Å². The van der Waals surface area contributed by atoms with Crippen molar-refractivity contribution in [3.05, 3.63) is 0 Å². The van der Waals surface area contributed by atoms with Gasteiger partial charge in [0.25, 0.3) is 0 Å². The molecule has 1 aliphatic carbocycles. The third-order valence-corrected chi connectivity index (χ3v) is 3.63. The van der Waals surface area contributed by atoms with Crippen molar-refractivity contribution in [1.82, 2.24) is 5.32 Å². The molecular weight excluding hydrogens is 202 g/mol. The van der Waals surface area contributed by atoms with E-state index in [1.807, 2.05) is 0 Å². The third kappa shape index (κ3) is 4.04. The fourth-order valence-corrected chi connectivity index (χ4v) is 2.99. The topological polar surface area (TPSA) is 41.5 Å². The molecule has 1 aliphatic rings. The third-order valence-electron chi connectivity index (χ3n) is 3.63. The van der Waals surface area contributed by atoms with Gasteiger partial charge in [0.1, 0.15) is 0 Å². The van der Waals surface area contributed by atoms with Crippen molar-refractivity contribution in [1.29, 1.82) is 0 Å². The number of methoxy groups -OCH3 is 1. The Bertz CT molecular complexity index is 200. The molecular formula is C13H27NO2. The molecule has 0 radical (unpaired) electrons. The minimum atomic E-state index is 0.228. The van der Waals surface area contributed by atoms with E-state index in [-0.39, 0.29) is 12.6 Å². The highest BCUT2D eigenvalue weighted by molar-refractivity contribution is 4.92. The molecule has 0 aromatic carbocycles. The van der Waals surface area contributed by atoms with Crippen LogP contribution in [0.5, 0.6) is 0 Å². The summed E-state index contributed by atoms with van der Waals surface area (Å²) in [7, 11) is 1.72. The van der Waals surface area contributed by atoms with Crippen LogP contribution < -0.4 is 5.32 Å². The van der Waals surface area contributed by atoms with E-state index in [4.69, 9.17) is 9.84 Å². The van der Waals surface area contributed by atoms with E-state index >= 15 is 0 Å². The van der Waals surface area contributed by atoms with Crippen LogP contribution in [0.15, 0.2) is 0 Å². The quantitative estimate of drug-likeness (QED) is 0.730. The number of hydrogen-bond donors (Lipinski definition) is 2. The largest absolute Gasteiger partial charge is 0.396 e. The Morgan fingerprint density at radius 2 is 2.12 bits per heavy atom. The maximum absolute atomic E-state index is 9.01. The molecule has 16 heavy (non-hydrogen) atoms. The van der Waals surface area contributed by atoms with Gasteiger partial charge in [-0.2, -0.15) is 0 Å². The average Bonchev–Trinajstić information content (AvgIpc) is 2.40. The predicted molar refractivity (Wildman–Crippen MR) is 66.5 cm³/mol. The summed E-state index contributed by atoms with van der Waals surface area (Å²) >= 11 is 0. The van der Waals surface area contributed by atoms with Crippen LogP contribution in [-0.4, -0.2) is 37.5 Å². The zero-order chi connectivity index (χ0) is 12.2. The summed E-state index contributed by atoms with van der Waals surface area (Å²) in [6, 6.07) is 0.859. The van der Waals surface area contributed by atoms with Crippen molar-refractivity contribution >= 4 is 0 Å². The number of nitrogens with one attached hydrogen (secondary N) is 1. The van der Waals surface area contributed by atoms with E-state index in [1.165, 1.54) is 12.8 Å². The SMILES string of the molecule is COCC(CCO)NC1CC(C)(C)CC1C. The molecule has 1 saturated carbocycles. The summed E-state index contributed by atoms with van der Waals surface area (Å²) < 4.78 is 5.18. The van der Waals surface area contributed by atoms with Gasteiger partial charge in [-0.1, -0.05) is 20.8 Å². The van der Waals surface area contributed by atoms with Crippen LogP contribution in [0.25, 0.3) is 0 Å². The van der Waals surface area contributed by atoms with Gasteiger partial charge in [0.15, 0.2) is 0 Å². The summed E-state index contributed by atoms with van der Waals surface area (Å²) in [5.41, 5.74) is 0.452. The minimum absolute atomic E-state index is 0.228. The molecule has 0 spiro atoms. The molecule has 3 nitrogen and oxygen atoms in total. The molecule has 1 fully saturated rings. The van der Waals surface area contributed by atoms with Gasteiger partial charge in [-0.3, -0.25) is 0 Å². The maximum Gasteiger partial charge on any atom is 0.0616 e. The Hall–Kier alpha value is -0.120. The van der Waals surface area contributed by atoms with Crippen molar-refractivity contribution in [2.24, 2.45) is 11.3 Å². The molecule has 0 bridgehead atoms. The summed E-state index contributed by atoms with van der Waals surface area (Å²) in [5.74, 6) is 0.716. The molecule has 3 atom stereocenters. The standard InChI is InChI=1S/C13H27NO2/c1-10-7-13(2,3)8-12(10)14-11(5-6-15)9-16-4/h10-12,14-15H,5-9H2,1-4H3. The number of aliphatic hydroxyl groups excluding tert-OH is 1. The van der Waals surface area contributed by atoms with Crippen LogP contribution in [-0.2, 0) is 4.74 Å². The highest BCUT2D eigenvalue weighted by Crippen LogP contribution is 2.41. The number of hydrogen-bond acceptors (Lipinski definition) is 3. The highest BCUT2D eigenvalue weighted by atomic mass is 16.5. The van der Waals surface area contributed by atoms with Crippen LogP contribution in [0.1, 0.15) is 40.0 Å². The normalized spacial score (nSPS) is 30.6. The fraction of sp³-hybridized carbons (Fsp3) is 1.00. The van der Waals surface area contributed by atoms with Gasteiger partial charge in [0, 0.05) is 25.8 Å². The predicted octanol–water partition coefficient (Wildman–Crippen LogP) is 1.80. The van der Waals surface area contributed by atoms with E-state index in [1.54, 1.807) is 7.11 Å². The first-order chi connectivity index (χ1) is 7.48. The smallest absolute Gasteiger partial charge is 0.0616 e. The minimum Gasteiger partial charge on any atom is -0.396 e. The van der Waals surface area contributed by atoms with E-state index in [0.29, 0.717) is 24.0 Å². The molecule has 0 saturated heterocycles. The molecule has 0 heterocycles. The average molecular weight is 229 g/mol. The van der Waals surface area contributed by atoms with Crippen molar-refractivity contribution in [3.8, 4) is 0 Å². The van der Waals surface area contributed by atoms with Crippen LogP contribution in [0, 0.1) is 11.3 Å². The first-order valence-electron chi connectivity index (χ1n) is 6.34. The fourth-order valence-electron chi connectivity index (χ4n) is 2.99. The van der Waals surface area contributed by atoms with Crippen molar-refractivity contribution in [3.63, 3.8) is 0 Å². The lowest BCUT2D eigenvalue weighted by Crippen LogP contribution is -2.43. The molecule has 0 aromatic rings. The zero-order valence-electron chi connectivity index (χ0n) is 11.1. The molecule has 0 aliphatic heterocycles. The molecule has 0 aromatic heterocycles. The Morgan fingerprint density at radius 1 is 1.44 bits per heavy atom. The summed E-state index contributed by atoms with van der Waals surface area (Å²) in [5, 5.41) is 12.6. The Balaban J connectivity index is 2.45. The van der Waals surface area contributed by atoms with Crippen molar-refractivity contribution < 1.29 is 9.84 Å². The lowest BCUT2D eigenvalue weighted by Gasteiger charge is -2.25. The second-order valence-electron chi connectivity index (χ2n) is 5.99. The highest BCUT2D eigenvalue weighted by Gasteiger charge is 2.37. The van der Waals surface area contributed by atoms with E-state index in [2.05, 4.69) is 26.1 Å². The number of rotatable bonds is 6. The molecule has 3 heteroatoms. The van der Waals surface area contributed by atoms with Crippen molar-refractivity contribution in [2.75, 3.05) is 20.3 Å². The van der Waals surface area contributed by atoms with Gasteiger partial charge >= 0.3 is 0 Å². The molecule has 3 unspecified atom stereocenters. The van der Waals surface area contributed by atoms with Gasteiger partial charge < -0.3 is 15.2 Å². The second kappa shape index (κ2) is 5.99. The van der Waals surface area contributed by atoms with E-state index < -0.39 is 0 Å². The van der Waals surface area contributed by atoms with Gasteiger partial charge in [0.05, 0.1) is 6.61 Å². The van der Waals surface area contributed by atoms with E-state index in [0.717, 1.165) is 6.42 Å². The summed E-state index contributed by atoms with van der Waals surface area (Å²) in [6.07, 6.45) is 3.28.